The number of alkyl halides is 3. The van der Waals surface area contributed by atoms with E-state index < -0.39 is 11.7 Å². The summed E-state index contributed by atoms with van der Waals surface area (Å²) in [6, 6.07) is 3.95. The smallest absolute Gasteiger partial charge is 0.325 e. The number of fused-ring (bicyclic) bond motifs is 1. The molecule has 0 fully saturated rings. The summed E-state index contributed by atoms with van der Waals surface area (Å²) in [5.74, 6) is 0. The van der Waals surface area contributed by atoms with Gasteiger partial charge in [0.25, 0.3) is 0 Å². The number of halogens is 3. The highest BCUT2D eigenvalue weighted by atomic mass is 19.4. The van der Waals surface area contributed by atoms with Gasteiger partial charge < -0.3 is 5.73 Å². The van der Waals surface area contributed by atoms with Crippen molar-refractivity contribution in [2.24, 2.45) is 5.73 Å². The Morgan fingerprint density at radius 1 is 1.25 bits per heavy atom. The second-order valence-corrected chi connectivity index (χ2v) is 4.81. The van der Waals surface area contributed by atoms with Crippen LogP contribution >= 0.6 is 0 Å². The molecule has 0 spiro atoms. The maximum atomic E-state index is 12.5. The van der Waals surface area contributed by atoms with E-state index in [2.05, 4.69) is 0 Å². The van der Waals surface area contributed by atoms with Gasteiger partial charge in [0.2, 0.25) is 0 Å². The molecule has 1 aliphatic rings. The molecule has 2 rings (SSSR count). The molecule has 1 aromatic carbocycles. The van der Waals surface area contributed by atoms with Gasteiger partial charge in [0.1, 0.15) is 0 Å². The van der Waals surface area contributed by atoms with E-state index in [4.69, 9.17) is 5.73 Å². The van der Waals surface area contributed by atoms with Gasteiger partial charge in [-0.15, -0.1) is 0 Å². The number of benzene rings is 1. The van der Waals surface area contributed by atoms with Crippen LogP contribution in [0.3, 0.4) is 0 Å². The maximum Gasteiger partial charge on any atom is 0.416 e. The predicted molar refractivity (Wildman–Crippen MR) is 56.1 cm³/mol. The quantitative estimate of drug-likeness (QED) is 0.727. The molecule has 88 valence electrons. The van der Waals surface area contributed by atoms with Crippen molar-refractivity contribution in [1.82, 2.24) is 0 Å². The van der Waals surface area contributed by atoms with Crippen LogP contribution in [-0.2, 0) is 19.0 Å². The van der Waals surface area contributed by atoms with Crippen molar-refractivity contribution in [2.45, 2.75) is 37.9 Å². The molecule has 0 aromatic heterocycles. The lowest BCUT2D eigenvalue weighted by atomic mass is 9.79. The number of hydrogen-bond acceptors (Lipinski definition) is 1. The van der Waals surface area contributed by atoms with Crippen LogP contribution in [0, 0.1) is 0 Å². The molecule has 1 aliphatic carbocycles. The van der Waals surface area contributed by atoms with E-state index >= 15 is 0 Å². The van der Waals surface area contributed by atoms with Crippen molar-refractivity contribution in [3.63, 3.8) is 0 Å². The molecule has 1 unspecified atom stereocenters. The zero-order valence-electron chi connectivity index (χ0n) is 9.06. The molecular weight excluding hydrogens is 215 g/mol. The number of rotatable bonds is 0. The summed E-state index contributed by atoms with van der Waals surface area (Å²) in [6.07, 6.45) is -2.23. The first-order valence-corrected chi connectivity index (χ1v) is 5.26. The van der Waals surface area contributed by atoms with Crippen LogP contribution in [-0.4, -0.2) is 5.54 Å². The third-order valence-corrected chi connectivity index (χ3v) is 3.09. The molecule has 0 saturated carbocycles. The molecule has 0 aliphatic heterocycles. The van der Waals surface area contributed by atoms with Gasteiger partial charge in [-0.25, -0.2) is 0 Å². The van der Waals surface area contributed by atoms with Gasteiger partial charge in [-0.2, -0.15) is 13.2 Å². The van der Waals surface area contributed by atoms with Gasteiger partial charge in [0.15, 0.2) is 0 Å². The van der Waals surface area contributed by atoms with Gasteiger partial charge in [0, 0.05) is 5.54 Å². The number of aryl methyl sites for hydroxylation is 1. The highest BCUT2D eigenvalue weighted by Crippen LogP contribution is 2.34. The Balaban J connectivity index is 2.36. The molecule has 0 heterocycles. The van der Waals surface area contributed by atoms with Gasteiger partial charge in [-0.05, 0) is 49.4 Å². The SMILES string of the molecule is CC1(N)CCc2cc(C(F)(F)F)ccc2C1. The molecular formula is C12H14F3N. The fourth-order valence-electron chi connectivity index (χ4n) is 2.15. The molecule has 1 aromatic rings. The topological polar surface area (TPSA) is 26.0 Å². The van der Waals surface area contributed by atoms with Gasteiger partial charge in [0.05, 0.1) is 5.56 Å². The van der Waals surface area contributed by atoms with Gasteiger partial charge >= 0.3 is 6.18 Å². The van der Waals surface area contributed by atoms with Crippen molar-refractivity contribution in [2.75, 3.05) is 0 Å². The fraction of sp³-hybridized carbons (Fsp3) is 0.500. The zero-order chi connectivity index (χ0) is 12.0. The van der Waals surface area contributed by atoms with Crippen LogP contribution in [0.1, 0.15) is 30.0 Å². The summed E-state index contributed by atoms with van der Waals surface area (Å²) < 4.78 is 37.5. The second kappa shape index (κ2) is 3.48. The van der Waals surface area contributed by atoms with E-state index in [9.17, 15) is 13.2 Å². The van der Waals surface area contributed by atoms with Gasteiger partial charge in [-0.1, -0.05) is 6.07 Å². The Kier molecular flexibility index (Phi) is 2.49. The average Bonchev–Trinajstić information content (AvgIpc) is 2.14. The Morgan fingerprint density at radius 2 is 1.94 bits per heavy atom. The molecule has 1 atom stereocenters. The summed E-state index contributed by atoms with van der Waals surface area (Å²) in [5, 5.41) is 0. The van der Waals surface area contributed by atoms with E-state index in [1.54, 1.807) is 6.07 Å². The molecule has 1 nitrogen and oxygen atoms in total. The summed E-state index contributed by atoms with van der Waals surface area (Å²) in [5.41, 5.74) is 6.88. The van der Waals surface area contributed by atoms with Crippen molar-refractivity contribution in [1.29, 1.82) is 0 Å². The lowest BCUT2D eigenvalue weighted by molar-refractivity contribution is -0.137. The van der Waals surface area contributed by atoms with Crippen molar-refractivity contribution >= 4 is 0 Å². The normalized spacial score (nSPS) is 25.3. The first-order valence-electron chi connectivity index (χ1n) is 5.26. The third-order valence-electron chi connectivity index (χ3n) is 3.09. The second-order valence-electron chi connectivity index (χ2n) is 4.81. The Hall–Kier alpha value is -1.03. The summed E-state index contributed by atoms with van der Waals surface area (Å²) in [4.78, 5) is 0. The van der Waals surface area contributed by atoms with E-state index in [-0.39, 0.29) is 5.54 Å². The Labute approximate surface area is 92.5 Å². The minimum Gasteiger partial charge on any atom is -0.325 e. The minimum atomic E-state index is -4.25. The predicted octanol–water partition coefficient (Wildman–Crippen LogP) is 2.91. The van der Waals surface area contributed by atoms with Gasteiger partial charge in [-0.3, -0.25) is 0 Å². The van der Waals surface area contributed by atoms with Crippen LogP contribution in [0.2, 0.25) is 0 Å². The first kappa shape index (κ1) is 11.5. The highest BCUT2D eigenvalue weighted by molar-refractivity contribution is 5.36. The number of hydrogen-bond donors (Lipinski definition) is 1. The van der Waals surface area contributed by atoms with Crippen LogP contribution in [0.25, 0.3) is 0 Å². The lowest BCUT2D eigenvalue weighted by Gasteiger charge is -2.31. The monoisotopic (exact) mass is 229 g/mol. The standard InChI is InChI=1S/C12H14F3N/c1-11(16)5-4-8-6-10(12(13,14)15)3-2-9(8)7-11/h2-3,6H,4-5,7,16H2,1H3. The zero-order valence-corrected chi connectivity index (χ0v) is 9.06. The van der Waals surface area contributed by atoms with Crippen LogP contribution < -0.4 is 5.73 Å². The maximum absolute atomic E-state index is 12.5. The van der Waals surface area contributed by atoms with E-state index in [0.717, 1.165) is 23.6 Å². The summed E-state index contributed by atoms with van der Waals surface area (Å²) in [7, 11) is 0. The van der Waals surface area contributed by atoms with Crippen LogP contribution in [0.15, 0.2) is 18.2 Å². The number of nitrogens with two attached hydrogens (primary N) is 1. The highest BCUT2D eigenvalue weighted by Gasteiger charge is 2.32. The molecule has 0 amide bonds. The first-order chi connectivity index (χ1) is 7.28. The molecule has 0 saturated heterocycles. The largest absolute Gasteiger partial charge is 0.416 e. The molecule has 4 heteroatoms. The van der Waals surface area contributed by atoms with E-state index in [0.29, 0.717) is 12.8 Å². The molecule has 0 bridgehead atoms. The summed E-state index contributed by atoms with van der Waals surface area (Å²) in [6.45, 7) is 1.94. The minimum absolute atomic E-state index is 0.285. The Morgan fingerprint density at radius 3 is 2.56 bits per heavy atom. The third kappa shape index (κ3) is 2.21. The molecule has 2 N–H and O–H groups in total. The van der Waals surface area contributed by atoms with Crippen LogP contribution in [0.4, 0.5) is 13.2 Å². The molecule has 16 heavy (non-hydrogen) atoms. The van der Waals surface area contributed by atoms with E-state index in [1.807, 2.05) is 6.92 Å². The van der Waals surface area contributed by atoms with Crippen molar-refractivity contribution in [3.8, 4) is 0 Å². The van der Waals surface area contributed by atoms with Crippen LogP contribution in [0.5, 0.6) is 0 Å². The Bertz CT molecular complexity index is 407. The average molecular weight is 229 g/mol. The fourth-order valence-corrected chi connectivity index (χ4v) is 2.15. The van der Waals surface area contributed by atoms with Crippen molar-refractivity contribution in [3.05, 3.63) is 34.9 Å². The lowest BCUT2D eigenvalue weighted by Crippen LogP contribution is -2.41. The van der Waals surface area contributed by atoms with E-state index in [1.165, 1.54) is 6.07 Å². The molecule has 0 radical (unpaired) electrons. The summed E-state index contributed by atoms with van der Waals surface area (Å²) >= 11 is 0. The van der Waals surface area contributed by atoms with Crippen molar-refractivity contribution < 1.29 is 13.2 Å².